The molecule has 2 atom stereocenters. The Balaban J connectivity index is 1.68. The molecule has 32 heavy (non-hydrogen) atoms. The molecular weight excluding hydrogens is 400 g/mol. The molecule has 1 aliphatic carbocycles. The van der Waals surface area contributed by atoms with Crippen LogP contribution in [0.1, 0.15) is 68.7 Å². The first-order valence-electron chi connectivity index (χ1n) is 12.0. The van der Waals surface area contributed by atoms with Crippen molar-refractivity contribution in [2.45, 2.75) is 64.5 Å². The third kappa shape index (κ3) is 4.67. The number of likely N-dealkylation sites (N-methyl/N-ethyl adjacent to an activating group) is 1. The number of hydrogen-bond donors (Lipinski definition) is 1. The van der Waals surface area contributed by atoms with E-state index < -0.39 is 6.10 Å². The fourth-order valence-electron chi connectivity index (χ4n) is 5.08. The normalized spacial score (nSPS) is 19.3. The number of carbonyl (C=O) groups is 2. The van der Waals surface area contributed by atoms with Gasteiger partial charge in [-0.25, -0.2) is 0 Å². The quantitative estimate of drug-likeness (QED) is 0.690. The molecule has 1 aliphatic heterocycles. The summed E-state index contributed by atoms with van der Waals surface area (Å²) in [6.07, 6.45) is 5.19. The Morgan fingerprint density at radius 1 is 1.09 bits per heavy atom. The van der Waals surface area contributed by atoms with E-state index in [-0.39, 0.29) is 23.8 Å². The molecule has 1 saturated carbocycles. The summed E-state index contributed by atoms with van der Waals surface area (Å²) in [6, 6.07) is 16.3. The van der Waals surface area contributed by atoms with Gasteiger partial charge in [-0.2, -0.15) is 0 Å². The topological polar surface area (TPSA) is 58.6 Å². The monoisotopic (exact) mass is 434 g/mol. The molecule has 2 amide bonds. The van der Waals surface area contributed by atoms with E-state index in [0.29, 0.717) is 18.7 Å². The van der Waals surface area contributed by atoms with Gasteiger partial charge in [0.15, 0.2) is 6.10 Å². The van der Waals surface area contributed by atoms with Crippen LogP contribution in [-0.2, 0) is 16.0 Å². The highest BCUT2D eigenvalue weighted by Crippen LogP contribution is 2.39. The van der Waals surface area contributed by atoms with Gasteiger partial charge in [-0.15, -0.1) is 0 Å². The maximum absolute atomic E-state index is 13.5. The molecule has 2 aliphatic rings. The molecule has 1 N–H and O–H groups in total. The van der Waals surface area contributed by atoms with E-state index >= 15 is 0 Å². The lowest BCUT2D eigenvalue weighted by Crippen LogP contribution is -2.43. The second-order valence-electron chi connectivity index (χ2n) is 8.85. The van der Waals surface area contributed by atoms with Gasteiger partial charge in [0.1, 0.15) is 5.75 Å². The minimum atomic E-state index is -0.525. The Morgan fingerprint density at radius 2 is 1.84 bits per heavy atom. The summed E-state index contributed by atoms with van der Waals surface area (Å²) >= 11 is 0. The Labute approximate surface area is 191 Å². The zero-order valence-electron chi connectivity index (χ0n) is 19.2. The largest absolute Gasteiger partial charge is 0.481 e. The number of nitrogens with zero attached hydrogens (tertiary/aromatic N) is 1. The van der Waals surface area contributed by atoms with Crippen LogP contribution < -0.4 is 10.1 Å². The second-order valence-corrected chi connectivity index (χ2v) is 8.85. The summed E-state index contributed by atoms with van der Waals surface area (Å²) in [7, 11) is 0. The lowest BCUT2D eigenvalue weighted by molar-refractivity contribution is -0.137. The SMILES string of the molecule is CCNC(=O)C(CC)Oc1ccc2c(c1)C(c1ccccc1)N(C(=O)C1CCCC1)CC2. The number of hydrogen-bond acceptors (Lipinski definition) is 3. The van der Waals surface area contributed by atoms with E-state index in [1.165, 1.54) is 5.56 Å². The fraction of sp³-hybridized carbons (Fsp3) is 0.481. The second kappa shape index (κ2) is 10.2. The highest BCUT2D eigenvalue weighted by Gasteiger charge is 2.36. The molecule has 5 heteroatoms. The predicted octanol–water partition coefficient (Wildman–Crippen LogP) is 4.64. The number of nitrogens with one attached hydrogen (secondary N) is 1. The van der Waals surface area contributed by atoms with Crippen LogP contribution in [-0.4, -0.2) is 35.9 Å². The van der Waals surface area contributed by atoms with Gasteiger partial charge in [0.05, 0.1) is 6.04 Å². The summed E-state index contributed by atoms with van der Waals surface area (Å²) in [5.41, 5.74) is 3.47. The third-order valence-electron chi connectivity index (χ3n) is 6.74. The highest BCUT2D eigenvalue weighted by atomic mass is 16.5. The van der Waals surface area contributed by atoms with Crippen LogP contribution in [0.3, 0.4) is 0 Å². The fourth-order valence-corrected chi connectivity index (χ4v) is 5.08. The summed E-state index contributed by atoms with van der Waals surface area (Å²) in [4.78, 5) is 27.9. The molecule has 0 aromatic heterocycles. The Hall–Kier alpha value is -2.82. The van der Waals surface area contributed by atoms with Crippen molar-refractivity contribution in [1.82, 2.24) is 10.2 Å². The van der Waals surface area contributed by atoms with Gasteiger partial charge in [0.2, 0.25) is 5.91 Å². The van der Waals surface area contributed by atoms with Crippen LogP contribution in [0, 0.1) is 5.92 Å². The van der Waals surface area contributed by atoms with Crippen LogP contribution >= 0.6 is 0 Å². The van der Waals surface area contributed by atoms with Gasteiger partial charge >= 0.3 is 0 Å². The average Bonchev–Trinajstić information content (AvgIpc) is 3.37. The molecule has 0 saturated heterocycles. The minimum Gasteiger partial charge on any atom is -0.481 e. The van der Waals surface area contributed by atoms with Gasteiger partial charge in [-0.3, -0.25) is 9.59 Å². The Morgan fingerprint density at radius 3 is 2.53 bits per heavy atom. The van der Waals surface area contributed by atoms with Crippen LogP contribution in [0.2, 0.25) is 0 Å². The van der Waals surface area contributed by atoms with Crippen molar-refractivity contribution in [2.24, 2.45) is 5.92 Å². The van der Waals surface area contributed by atoms with Crippen molar-refractivity contribution in [3.8, 4) is 5.75 Å². The van der Waals surface area contributed by atoms with E-state index in [4.69, 9.17) is 4.74 Å². The molecule has 0 bridgehead atoms. The number of fused-ring (bicyclic) bond motifs is 1. The van der Waals surface area contributed by atoms with Crippen molar-refractivity contribution in [2.75, 3.05) is 13.1 Å². The van der Waals surface area contributed by atoms with Gasteiger partial charge in [-0.05, 0) is 61.4 Å². The molecule has 2 aromatic carbocycles. The smallest absolute Gasteiger partial charge is 0.261 e. The van der Waals surface area contributed by atoms with E-state index in [1.54, 1.807) is 0 Å². The molecule has 1 heterocycles. The van der Waals surface area contributed by atoms with E-state index in [1.807, 2.05) is 44.2 Å². The third-order valence-corrected chi connectivity index (χ3v) is 6.74. The highest BCUT2D eigenvalue weighted by molar-refractivity contribution is 5.81. The van der Waals surface area contributed by atoms with Crippen molar-refractivity contribution < 1.29 is 14.3 Å². The Kier molecular flexibility index (Phi) is 7.13. The van der Waals surface area contributed by atoms with Crippen LogP contribution in [0.5, 0.6) is 5.75 Å². The zero-order valence-corrected chi connectivity index (χ0v) is 19.2. The van der Waals surface area contributed by atoms with Gasteiger partial charge in [0.25, 0.3) is 5.91 Å². The van der Waals surface area contributed by atoms with Crippen molar-refractivity contribution in [3.05, 3.63) is 65.2 Å². The summed E-state index contributed by atoms with van der Waals surface area (Å²) in [5.74, 6) is 1.01. The number of carbonyl (C=O) groups excluding carboxylic acids is 2. The molecule has 2 unspecified atom stereocenters. The predicted molar refractivity (Wildman–Crippen MR) is 125 cm³/mol. The first-order chi connectivity index (χ1) is 15.6. The molecule has 170 valence electrons. The first kappa shape index (κ1) is 22.4. The van der Waals surface area contributed by atoms with E-state index in [2.05, 4.69) is 28.4 Å². The zero-order chi connectivity index (χ0) is 22.5. The maximum Gasteiger partial charge on any atom is 0.261 e. The molecule has 5 nitrogen and oxygen atoms in total. The van der Waals surface area contributed by atoms with Crippen molar-refractivity contribution in [3.63, 3.8) is 0 Å². The maximum atomic E-state index is 13.5. The summed E-state index contributed by atoms with van der Waals surface area (Å²) in [5, 5.41) is 2.85. The minimum absolute atomic E-state index is 0.0923. The number of benzene rings is 2. The van der Waals surface area contributed by atoms with Crippen molar-refractivity contribution in [1.29, 1.82) is 0 Å². The number of amides is 2. The molecule has 2 aromatic rings. The molecule has 0 radical (unpaired) electrons. The van der Waals surface area contributed by atoms with Crippen LogP contribution in [0.4, 0.5) is 0 Å². The van der Waals surface area contributed by atoms with E-state index in [9.17, 15) is 9.59 Å². The van der Waals surface area contributed by atoms with Gasteiger partial charge < -0.3 is 15.0 Å². The van der Waals surface area contributed by atoms with E-state index in [0.717, 1.165) is 49.8 Å². The molecular formula is C27H34N2O3. The number of rotatable bonds is 7. The van der Waals surface area contributed by atoms with Gasteiger partial charge in [-0.1, -0.05) is 56.2 Å². The lowest BCUT2D eigenvalue weighted by atomic mass is 9.87. The van der Waals surface area contributed by atoms with Gasteiger partial charge in [0, 0.05) is 19.0 Å². The summed E-state index contributed by atoms with van der Waals surface area (Å²) in [6.45, 7) is 5.17. The standard InChI is InChI=1S/C27H34N2O3/c1-3-24(26(30)28-4-2)32-22-15-14-19-16-17-29(27(31)21-12-8-9-13-21)25(23(19)18-22)20-10-6-5-7-11-20/h5-7,10-11,14-15,18,21,24-25H,3-4,8-9,12-13,16-17H2,1-2H3,(H,28,30). The van der Waals surface area contributed by atoms with Crippen molar-refractivity contribution >= 4 is 11.8 Å². The molecule has 1 fully saturated rings. The molecule has 0 spiro atoms. The number of ether oxygens (including phenoxy) is 1. The van der Waals surface area contributed by atoms with Crippen LogP contribution in [0.25, 0.3) is 0 Å². The average molecular weight is 435 g/mol. The van der Waals surface area contributed by atoms with Crippen LogP contribution in [0.15, 0.2) is 48.5 Å². The first-order valence-corrected chi connectivity index (χ1v) is 12.0. The summed E-state index contributed by atoms with van der Waals surface area (Å²) < 4.78 is 6.11. The Bertz CT molecular complexity index is 937. The lowest BCUT2D eigenvalue weighted by Gasteiger charge is -2.39. The molecule has 4 rings (SSSR count).